The Morgan fingerprint density at radius 1 is 1.18 bits per heavy atom. The van der Waals surface area contributed by atoms with Crippen molar-refractivity contribution in [1.29, 1.82) is 0 Å². The Labute approximate surface area is 189 Å². The Morgan fingerprint density at radius 2 is 1.97 bits per heavy atom. The van der Waals surface area contributed by atoms with Gasteiger partial charge >= 0.3 is 6.18 Å². The molecule has 4 rings (SSSR count). The van der Waals surface area contributed by atoms with E-state index in [-0.39, 0.29) is 24.2 Å². The second-order valence-electron chi connectivity index (χ2n) is 8.34. The quantitative estimate of drug-likeness (QED) is 0.478. The minimum absolute atomic E-state index is 0.151. The lowest BCUT2D eigenvalue weighted by Crippen LogP contribution is -2.26. The van der Waals surface area contributed by atoms with E-state index in [1.807, 2.05) is 32.0 Å². The Kier molecular flexibility index (Phi) is 6.44. The van der Waals surface area contributed by atoms with Gasteiger partial charge in [0.2, 0.25) is 0 Å². The third-order valence-electron chi connectivity index (χ3n) is 5.50. The fourth-order valence-corrected chi connectivity index (χ4v) is 3.53. The molecule has 2 aromatic heterocycles. The molecule has 0 bridgehead atoms. The van der Waals surface area contributed by atoms with Crippen LogP contribution in [0.15, 0.2) is 36.5 Å². The minimum Gasteiger partial charge on any atom is -0.471 e. The van der Waals surface area contributed by atoms with Crippen molar-refractivity contribution < 1.29 is 22.7 Å². The van der Waals surface area contributed by atoms with E-state index in [9.17, 15) is 18.0 Å². The molecule has 1 aliphatic carbocycles. The number of aryl methyl sites for hydroxylation is 3. The molecule has 3 aromatic rings. The summed E-state index contributed by atoms with van der Waals surface area (Å²) in [5.74, 6) is 0.562. The van der Waals surface area contributed by atoms with Crippen LogP contribution in [0.25, 0.3) is 0 Å². The summed E-state index contributed by atoms with van der Waals surface area (Å²) in [6.07, 6.45) is -0.569. The molecule has 33 heavy (non-hydrogen) atoms. The number of halogens is 3. The summed E-state index contributed by atoms with van der Waals surface area (Å²) in [5.41, 5.74) is 2.11. The molecule has 1 fully saturated rings. The lowest BCUT2D eigenvalue weighted by Gasteiger charge is -2.10. The lowest BCUT2D eigenvalue weighted by molar-refractivity contribution is -0.141. The predicted octanol–water partition coefficient (Wildman–Crippen LogP) is 4.45. The Morgan fingerprint density at radius 3 is 2.70 bits per heavy atom. The Hall–Kier alpha value is -3.30. The van der Waals surface area contributed by atoms with E-state index in [0.29, 0.717) is 25.2 Å². The maximum atomic E-state index is 13.0. The number of benzene rings is 1. The molecular weight excluding hydrogens is 435 g/mol. The van der Waals surface area contributed by atoms with Gasteiger partial charge in [0.1, 0.15) is 11.4 Å². The van der Waals surface area contributed by atoms with Crippen molar-refractivity contribution >= 4 is 5.91 Å². The van der Waals surface area contributed by atoms with Crippen molar-refractivity contribution in [2.24, 2.45) is 0 Å². The molecule has 1 aliphatic rings. The molecule has 7 nitrogen and oxygen atoms in total. The number of aromatic nitrogens is 4. The van der Waals surface area contributed by atoms with Crippen LogP contribution in [0.2, 0.25) is 0 Å². The van der Waals surface area contributed by atoms with Crippen LogP contribution in [0.3, 0.4) is 0 Å². The zero-order valence-electron chi connectivity index (χ0n) is 18.5. The summed E-state index contributed by atoms with van der Waals surface area (Å²) in [7, 11) is 0. The standard InChI is InChI=1S/C23H26F3N5O2/c1-15-4-5-16(2)20(12-15)33-14-30-11-8-18(28-30)22(32)27-9-3-10-31-19(17-6-7-17)13-21(29-31)23(24,25)26/h4-5,8,11-13,17H,3,6-7,9-10,14H2,1-2H3,(H,27,32). The monoisotopic (exact) mass is 461 g/mol. The first-order valence-electron chi connectivity index (χ1n) is 10.9. The van der Waals surface area contributed by atoms with E-state index >= 15 is 0 Å². The molecule has 176 valence electrons. The highest BCUT2D eigenvalue weighted by Crippen LogP contribution is 2.42. The van der Waals surface area contributed by atoms with E-state index in [1.54, 1.807) is 12.3 Å². The third-order valence-corrected chi connectivity index (χ3v) is 5.50. The second-order valence-corrected chi connectivity index (χ2v) is 8.34. The zero-order chi connectivity index (χ0) is 23.6. The minimum atomic E-state index is -4.45. The number of rotatable bonds is 9. The van der Waals surface area contributed by atoms with E-state index in [1.165, 1.54) is 9.36 Å². The smallest absolute Gasteiger partial charge is 0.435 e. The molecular formula is C23H26F3N5O2. The van der Waals surface area contributed by atoms with Crippen LogP contribution in [-0.4, -0.2) is 32.0 Å². The second kappa shape index (κ2) is 9.29. The fourth-order valence-electron chi connectivity index (χ4n) is 3.53. The van der Waals surface area contributed by atoms with Crippen LogP contribution in [-0.2, 0) is 19.5 Å². The topological polar surface area (TPSA) is 74.0 Å². The van der Waals surface area contributed by atoms with Crippen molar-refractivity contribution in [3.05, 3.63) is 64.7 Å². The maximum Gasteiger partial charge on any atom is 0.435 e. The summed E-state index contributed by atoms with van der Waals surface area (Å²) in [6.45, 7) is 4.72. The van der Waals surface area contributed by atoms with Crippen LogP contribution in [0, 0.1) is 13.8 Å². The van der Waals surface area contributed by atoms with Gasteiger partial charge in [-0.05, 0) is 62.4 Å². The summed E-state index contributed by atoms with van der Waals surface area (Å²) in [4.78, 5) is 12.4. The van der Waals surface area contributed by atoms with Gasteiger partial charge in [-0.25, -0.2) is 4.68 Å². The predicted molar refractivity (Wildman–Crippen MR) is 115 cm³/mol. The highest BCUT2D eigenvalue weighted by atomic mass is 19.4. The van der Waals surface area contributed by atoms with Crippen molar-refractivity contribution in [1.82, 2.24) is 24.9 Å². The number of carbonyl (C=O) groups excluding carboxylic acids is 1. The van der Waals surface area contributed by atoms with Crippen molar-refractivity contribution in [3.8, 4) is 5.75 Å². The third kappa shape index (κ3) is 5.74. The first kappa shape index (κ1) is 22.9. The number of ether oxygens (including phenoxy) is 1. The van der Waals surface area contributed by atoms with Gasteiger partial charge in [0.05, 0.1) is 0 Å². The number of alkyl halides is 3. The van der Waals surface area contributed by atoms with E-state index in [0.717, 1.165) is 35.8 Å². The molecule has 0 aliphatic heterocycles. The van der Waals surface area contributed by atoms with Crippen LogP contribution in [0.4, 0.5) is 13.2 Å². The maximum absolute atomic E-state index is 13.0. The summed E-state index contributed by atoms with van der Waals surface area (Å²) in [6, 6.07) is 8.66. The van der Waals surface area contributed by atoms with Crippen LogP contribution < -0.4 is 10.1 Å². The van der Waals surface area contributed by atoms with E-state index in [4.69, 9.17) is 4.74 Å². The number of hydrogen-bond donors (Lipinski definition) is 1. The number of hydrogen-bond acceptors (Lipinski definition) is 4. The largest absolute Gasteiger partial charge is 0.471 e. The Balaban J connectivity index is 1.26. The molecule has 0 spiro atoms. The molecule has 0 unspecified atom stereocenters. The number of carbonyl (C=O) groups is 1. The molecule has 0 atom stereocenters. The van der Waals surface area contributed by atoms with Gasteiger partial charge in [0.25, 0.3) is 5.91 Å². The van der Waals surface area contributed by atoms with Crippen LogP contribution >= 0.6 is 0 Å². The van der Waals surface area contributed by atoms with E-state index in [2.05, 4.69) is 15.5 Å². The molecule has 1 amide bonds. The summed E-state index contributed by atoms with van der Waals surface area (Å²) < 4.78 is 47.7. The molecule has 1 aromatic carbocycles. The normalized spacial score (nSPS) is 13.8. The van der Waals surface area contributed by atoms with Crippen molar-refractivity contribution in [2.75, 3.05) is 6.54 Å². The fraction of sp³-hybridized carbons (Fsp3) is 0.435. The number of nitrogens with one attached hydrogen (secondary N) is 1. The molecule has 2 heterocycles. The van der Waals surface area contributed by atoms with Crippen molar-refractivity contribution in [2.45, 2.75) is 58.5 Å². The van der Waals surface area contributed by atoms with Gasteiger partial charge in [-0.3, -0.25) is 9.48 Å². The summed E-state index contributed by atoms with van der Waals surface area (Å²) in [5, 5.41) is 10.7. The highest BCUT2D eigenvalue weighted by molar-refractivity contribution is 5.92. The first-order valence-corrected chi connectivity index (χ1v) is 10.9. The van der Waals surface area contributed by atoms with Gasteiger partial charge in [-0.2, -0.15) is 23.4 Å². The molecule has 1 N–H and O–H groups in total. The van der Waals surface area contributed by atoms with Gasteiger partial charge in [-0.1, -0.05) is 12.1 Å². The van der Waals surface area contributed by atoms with E-state index < -0.39 is 11.9 Å². The molecule has 0 radical (unpaired) electrons. The molecule has 0 saturated heterocycles. The zero-order valence-corrected chi connectivity index (χ0v) is 18.5. The number of nitrogens with zero attached hydrogens (tertiary/aromatic N) is 4. The van der Waals surface area contributed by atoms with Gasteiger partial charge < -0.3 is 10.1 Å². The van der Waals surface area contributed by atoms with Crippen molar-refractivity contribution in [3.63, 3.8) is 0 Å². The Bertz CT molecular complexity index is 1130. The first-order chi connectivity index (χ1) is 15.7. The van der Waals surface area contributed by atoms with Crippen LogP contribution in [0.1, 0.15) is 58.2 Å². The average Bonchev–Trinajstić information content (AvgIpc) is 3.32. The molecule has 10 heteroatoms. The summed E-state index contributed by atoms with van der Waals surface area (Å²) >= 11 is 0. The highest BCUT2D eigenvalue weighted by Gasteiger charge is 2.37. The van der Waals surface area contributed by atoms with Gasteiger partial charge in [0, 0.05) is 30.9 Å². The number of amides is 1. The van der Waals surface area contributed by atoms with Gasteiger partial charge in [-0.15, -0.1) is 0 Å². The SMILES string of the molecule is Cc1ccc(C)c(OCn2ccc(C(=O)NCCCn3nc(C(F)(F)F)cc3C3CC3)n2)c1. The van der Waals surface area contributed by atoms with Crippen LogP contribution in [0.5, 0.6) is 5.75 Å². The molecule has 1 saturated carbocycles. The van der Waals surface area contributed by atoms with Gasteiger partial charge in [0.15, 0.2) is 12.4 Å². The lowest BCUT2D eigenvalue weighted by atomic mass is 10.1. The average molecular weight is 461 g/mol.